The van der Waals surface area contributed by atoms with Crippen molar-refractivity contribution in [2.45, 2.75) is 39.5 Å². The fourth-order valence-electron chi connectivity index (χ4n) is 4.19. The summed E-state index contributed by atoms with van der Waals surface area (Å²) in [5, 5.41) is 6.72. The summed E-state index contributed by atoms with van der Waals surface area (Å²) in [7, 11) is 0. The van der Waals surface area contributed by atoms with Crippen LogP contribution in [0.4, 0.5) is 0 Å². The number of carbonyl (C=O) groups excluding carboxylic acids is 2. The zero-order valence-electron chi connectivity index (χ0n) is 20.9. The summed E-state index contributed by atoms with van der Waals surface area (Å²) >= 11 is 0. The molecule has 1 N–H and O–H groups in total. The maximum absolute atomic E-state index is 13.7. The van der Waals surface area contributed by atoms with Crippen molar-refractivity contribution < 1.29 is 18.8 Å². The van der Waals surface area contributed by atoms with Crippen LogP contribution in [0.2, 0.25) is 0 Å². The molecular formula is C28H28N4O5. The minimum absolute atomic E-state index is 0.0374. The molecule has 0 fully saturated rings. The molecule has 1 amide bonds. The molecule has 0 saturated carbocycles. The Labute approximate surface area is 214 Å². The van der Waals surface area contributed by atoms with Gasteiger partial charge < -0.3 is 10.1 Å². The van der Waals surface area contributed by atoms with Crippen LogP contribution >= 0.6 is 0 Å². The normalized spacial score (nSPS) is 12.6. The number of benzene rings is 2. The van der Waals surface area contributed by atoms with Crippen LogP contribution in [-0.4, -0.2) is 26.4 Å². The molecule has 2 aromatic carbocycles. The third-order valence-corrected chi connectivity index (χ3v) is 5.86. The molecule has 0 aliphatic carbocycles. The smallest absolute Gasteiger partial charge is 0.444 e. The Hall–Kier alpha value is -4.53. The van der Waals surface area contributed by atoms with Crippen molar-refractivity contribution in [2.75, 3.05) is 0 Å². The van der Waals surface area contributed by atoms with Crippen LogP contribution in [0.5, 0.6) is 5.75 Å². The highest BCUT2D eigenvalue weighted by atomic mass is 16.5. The first-order valence-electron chi connectivity index (χ1n) is 11.9. The number of hydrogen-bond acceptors (Lipinski definition) is 7. The minimum atomic E-state index is -1.78. The molecule has 1 unspecified atom stereocenters. The van der Waals surface area contributed by atoms with E-state index in [1.165, 1.54) is 13.1 Å². The predicted octanol–water partition coefficient (Wildman–Crippen LogP) is 4.20. The van der Waals surface area contributed by atoms with Gasteiger partial charge in [-0.2, -0.15) is 0 Å². The van der Waals surface area contributed by atoms with E-state index in [0.29, 0.717) is 11.4 Å². The molecule has 37 heavy (non-hydrogen) atoms. The van der Waals surface area contributed by atoms with E-state index in [1.807, 2.05) is 44.2 Å². The number of hydrogen-bond donors (Lipinski definition) is 1. The van der Waals surface area contributed by atoms with Crippen molar-refractivity contribution in [3.8, 4) is 17.3 Å². The highest BCUT2D eigenvalue weighted by molar-refractivity contribution is 6.00. The van der Waals surface area contributed by atoms with Gasteiger partial charge in [-0.1, -0.05) is 67.5 Å². The van der Waals surface area contributed by atoms with Crippen LogP contribution in [0.3, 0.4) is 0 Å². The van der Waals surface area contributed by atoms with Crippen molar-refractivity contribution in [1.29, 1.82) is 0 Å². The molecular weight excluding hydrogens is 472 g/mol. The molecule has 9 heteroatoms. The first kappa shape index (κ1) is 25.6. The third kappa shape index (κ3) is 5.50. The van der Waals surface area contributed by atoms with E-state index in [-0.39, 0.29) is 30.3 Å². The average Bonchev–Trinajstić information content (AvgIpc) is 3.29. The molecule has 0 bridgehead atoms. The number of Topliss-reactive ketones (excluding diaryl/α,β-unsaturated/α-hetero) is 1. The quantitative estimate of drug-likeness (QED) is 0.347. The SMILES string of the molecule is CC(=O)C(CC(C)C)(NC(=O)c1ccccc1OCc1ccccc1)n1c(-c2ccccn2)noc1=O. The van der Waals surface area contributed by atoms with Gasteiger partial charge in [-0.15, -0.1) is 0 Å². The summed E-state index contributed by atoms with van der Waals surface area (Å²) in [6, 6.07) is 21.4. The van der Waals surface area contributed by atoms with E-state index in [1.54, 1.807) is 42.5 Å². The summed E-state index contributed by atoms with van der Waals surface area (Å²) in [5.74, 6) is -1.64. The molecule has 2 heterocycles. The lowest BCUT2D eigenvalue weighted by Gasteiger charge is -2.34. The van der Waals surface area contributed by atoms with Crippen LogP contribution in [0, 0.1) is 5.92 Å². The Morgan fingerprint density at radius 2 is 1.73 bits per heavy atom. The zero-order valence-corrected chi connectivity index (χ0v) is 20.9. The number of carbonyl (C=O) groups is 2. The topological polar surface area (TPSA) is 116 Å². The fraction of sp³-hybridized carbons (Fsp3) is 0.250. The molecule has 2 aromatic heterocycles. The van der Waals surface area contributed by atoms with Gasteiger partial charge in [0, 0.05) is 6.20 Å². The monoisotopic (exact) mass is 500 g/mol. The minimum Gasteiger partial charge on any atom is -0.488 e. The Bertz CT molecular complexity index is 1430. The maximum atomic E-state index is 13.7. The van der Waals surface area contributed by atoms with Crippen LogP contribution in [0.25, 0.3) is 11.5 Å². The van der Waals surface area contributed by atoms with Gasteiger partial charge in [0.2, 0.25) is 5.82 Å². The summed E-state index contributed by atoms with van der Waals surface area (Å²) in [5.41, 5.74) is -0.297. The first-order valence-corrected chi connectivity index (χ1v) is 11.9. The lowest BCUT2D eigenvalue weighted by Crippen LogP contribution is -2.59. The molecule has 0 saturated heterocycles. The van der Waals surface area contributed by atoms with Gasteiger partial charge in [0.05, 0.1) is 5.56 Å². The number of rotatable bonds is 10. The average molecular weight is 501 g/mol. The van der Waals surface area contributed by atoms with Crippen molar-refractivity contribution in [3.63, 3.8) is 0 Å². The number of aromatic nitrogens is 3. The van der Waals surface area contributed by atoms with Gasteiger partial charge in [0.25, 0.3) is 5.91 Å². The van der Waals surface area contributed by atoms with Gasteiger partial charge in [0.1, 0.15) is 18.1 Å². The lowest BCUT2D eigenvalue weighted by molar-refractivity contribution is -0.128. The number of ether oxygens (including phenoxy) is 1. The van der Waals surface area contributed by atoms with Crippen molar-refractivity contribution in [3.05, 3.63) is 101 Å². The van der Waals surface area contributed by atoms with E-state index >= 15 is 0 Å². The van der Waals surface area contributed by atoms with E-state index < -0.39 is 23.1 Å². The molecule has 1 atom stereocenters. The molecule has 4 rings (SSSR count). The third-order valence-electron chi connectivity index (χ3n) is 5.86. The largest absolute Gasteiger partial charge is 0.488 e. The summed E-state index contributed by atoms with van der Waals surface area (Å²) in [6.07, 6.45) is 1.65. The Balaban J connectivity index is 1.75. The highest BCUT2D eigenvalue weighted by Gasteiger charge is 2.44. The van der Waals surface area contributed by atoms with E-state index in [4.69, 9.17) is 9.26 Å². The number of pyridine rings is 1. The van der Waals surface area contributed by atoms with Crippen LogP contribution in [0.15, 0.2) is 88.3 Å². The molecule has 4 aromatic rings. The zero-order chi connectivity index (χ0) is 26.4. The van der Waals surface area contributed by atoms with Gasteiger partial charge >= 0.3 is 5.76 Å². The summed E-state index contributed by atoms with van der Waals surface area (Å²) in [4.78, 5) is 44.2. The standard InChI is InChI=1S/C28H28N4O5/c1-19(2)17-28(20(3)33,32-25(31-37-27(32)35)23-14-9-10-16-29-23)30-26(34)22-13-7-8-15-24(22)36-18-21-11-5-4-6-12-21/h4-16,19H,17-18H2,1-3H3,(H,30,34). The highest BCUT2D eigenvalue weighted by Crippen LogP contribution is 2.29. The number of nitrogens with one attached hydrogen (secondary N) is 1. The Morgan fingerprint density at radius 3 is 2.41 bits per heavy atom. The van der Waals surface area contributed by atoms with Crippen LogP contribution in [-0.2, 0) is 17.1 Å². The molecule has 0 radical (unpaired) electrons. The van der Waals surface area contributed by atoms with E-state index in [9.17, 15) is 14.4 Å². The predicted molar refractivity (Wildman–Crippen MR) is 137 cm³/mol. The fourth-order valence-corrected chi connectivity index (χ4v) is 4.19. The van der Waals surface area contributed by atoms with Gasteiger partial charge in [-0.3, -0.25) is 19.1 Å². The summed E-state index contributed by atoms with van der Waals surface area (Å²) < 4.78 is 12.0. The second-order valence-corrected chi connectivity index (χ2v) is 9.06. The second-order valence-electron chi connectivity index (χ2n) is 9.06. The van der Waals surface area contributed by atoms with Gasteiger partial charge in [-0.05, 0) is 49.1 Å². The van der Waals surface area contributed by atoms with Crippen molar-refractivity contribution in [1.82, 2.24) is 20.0 Å². The van der Waals surface area contributed by atoms with Crippen molar-refractivity contribution in [2.24, 2.45) is 5.92 Å². The molecule has 9 nitrogen and oxygen atoms in total. The van der Waals surface area contributed by atoms with Crippen molar-refractivity contribution >= 4 is 11.7 Å². The van der Waals surface area contributed by atoms with Crippen LogP contribution in [0.1, 0.15) is 43.1 Å². The molecule has 0 spiro atoms. The lowest BCUT2D eigenvalue weighted by atomic mass is 9.92. The van der Waals surface area contributed by atoms with E-state index in [0.717, 1.165) is 10.1 Å². The maximum Gasteiger partial charge on any atom is 0.444 e. The number of ketones is 1. The van der Waals surface area contributed by atoms with Gasteiger partial charge in [0.15, 0.2) is 11.4 Å². The number of nitrogens with zero attached hydrogens (tertiary/aromatic N) is 3. The molecule has 0 aliphatic heterocycles. The second kappa shape index (κ2) is 11.0. The Morgan fingerprint density at radius 1 is 1.03 bits per heavy atom. The summed E-state index contributed by atoms with van der Waals surface area (Å²) in [6.45, 7) is 5.35. The van der Waals surface area contributed by atoms with Gasteiger partial charge in [-0.25, -0.2) is 9.36 Å². The van der Waals surface area contributed by atoms with Crippen LogP contribution < -0.4 is 15.8 Å². The Kier molecular flexibility index (Phi) is 7.62. The number of para-hydroxylation sites is 1. The molecule has 0 aliphatic rings. The first-order chi connectivity index (χ1) is 17.8. The molecule has 190 valence electrons. The number of amides is 1. The van der Waals surface area contributed by atoms with E-state index in [2.05, 4.69) is 15.5 Å².